The summed E-state index contributed by atoms with van der Waals surface area (Å²) in [5.41, 5.74) is 3.98. The van der Waals surface area contributed by atoms with Gasteiger partial charge in [-0.15, -0.1) is 0 Å². The van der Waals surface area contributed by atoms with Crippen molar-refractivity contribution in [1.82, 2.24) is 68.2 Å². The van der Waals surface area contributed by atoms with Gasteiger partial charge in [0.15, 0.2) is 0 Å². The molecule has 2 atom stereocenters. The van der Waals surface area contributed by atoms with E-state index in [1.807, 2.05) is 116 Å². The molecule has 0 bridgehead atoms. The van der Waals surface area contributed by atoms with E-state index in [4.69, 9.17) is 33.8 Å². The van der Waals surface area contributed by atoms with Crippen molar-refractivity contribution >= 4 is 80.8 Å². The molecule has 101 heavy (non-hydrogen) atoms. The number of hydrogen-bond donors (Lipinski definition) is 0. The monoisotopic (exact) mass is 1520 g/mol. The molecule has 0 N–H and O–H groups in total. The van der Waals surface area contributed by atoms with E-state index >= 15 is 0 Å². The van der Waals surface area contributed by atoms with E-state index in [2.05, 4.69) is 46.0 Å². The summed E-state index contributed by atoms with van der Waals surface area (Å²) in [6, 6.07) is 13.2. The van der Waals surface area contributed by atoms with Crippen LogP contribution < -0.4 is 113 Å². The number of alkyl halides is 4. The average molecular weight is 1520 g/mol. The summed E-state index contributed by atoms with van der Waals surface area (Å²) in [6.45, 7) is 25.2. The SMILES string of the molecule is C.CC1C(=O)N(C)Cc2c(-c3cccc4nc(-c5cnn(C)c5)c(C(F)F)cc34)nc(C3CN(C(=O)OC(C)(C)C)C3)n21.CC1C(=O)N(C)Cc2c(Br)nc(C3CN(C(=O)OC(C)(C)C)C3)n21.Cn1cc(-c2nc3cccc(B4OC(C)(C)C(C)(C)O4)c3cc2C(F)F)cn1.O=CO[O-].[H-].[K+].[K+]. The fourth-order valence-electron chi connectivity index (χ4n) is 12.3. The quantitative estimate of drug-likeness (QED) is 0.0613. The number of carbonyl (C=O) groups excluding carboxylic acids is 5. The number of rotatable bonds is 9. The van der Waals surface area contributed by atoms with Crippen LogP contribution in [0.2, 0.25) is 0 Å². The Morgan fingerprint density at radius 1 is 0.663 bits per heavy atom. The van der Waals surface area contributed by atoms with Crippen molar-refractivity contribution in [3.8, 4) is 33.8 Å². The number of aromatic nitrogens is 10. The van der Waals surface area contributed by atoms with Gasteiger partial charge in [0.2, 0.25) is 11.8 Å². The van der Waals surface area contributed by atoms with E-state index in [0.29, 0.717) is 94.7 Å². The molecular formula is C68H84BBrF4K2N14O11. The van der Waals surface area contributed by atoms with Crippen molar-refractivity contribution < 1.29 is 175 Å². The molecule has 2 aromatic carbocycles. The van der Waals surface area contributed by atoms with Crippen LogP contribution in [0.15, 0.2) is 77.9 Å². The van der Waals surface area contributed by atoms with Gasteiger partial charge in [0.1, 0.15) is 39.5 Å². The minimum absolute atomic E-state index is 0. The summed E-state index contributed by atoms with van der Waals surface area (Å²) in [6.07, 6.45) is 0.290. The van der Waals surface area contributed by atoms with Gasteiger partial charge in [0, 0.05) is 105 Å². The molecule has 33 heteroatoms. The van der Waals surface area contributed by atoms with E-state index in [1.165, 1.54) is 24.5 Å². The average Bonchev–Trinajstić information content (AvgIpc) is 1.58. The largest absolute Gasteiger partial charge is 1.00 e. The van der Waals surface area contributed by atoms with Gasteiger partial charge in [0.25, 0.3) is 19.3 Å². The molecule has 8 aromatic rings. The number of carbonyl (C=O) groups is 5. The molecule has 3 saturated heterocycles. The van der Waals surface area contributed by atoms with Crippen LogP contribution in [0.4, 0.5) is 27.2 Å². The zero-order valence-corrected chi connectivity index (χ0v) is 67.3. The van der Waals surface area contributed by atoms with Gasteiger partial charge in [0.05, 0.1) is 88.0 Å². The number of imidazole rings is 2. The number of amides is 4. The summed E-state index contributed by atoms with van der Waals surface area (Å²) in [5, 5.41) is 17.8. The van der Waals surface area contributed by atoms with Crippen LogP contribution in [-0.2, 0) is 65.2 Å². The maximum absolute atomic E-state index is 14.4. The fourth-order valence-corrected chi connectivity index (χ4v) is 12.8. The van der Waals surface area contributed by atoms with Gasteiger partial charge in [-0.05, 0) is 129 Å². The standard InChI is InChI=1S/C30H33F2N7O3.C20H22BF2N3O2.C16H23BrN4O3.CH2O3.CH4.2K.H/c1-16-28(40)36(5)15-23-25(35-27(39(16)23)18-13-38(14-18)29(41)42-30(2,3)4)19-8-7-9-22-20(19)10-21(26(31)32)24(34-22)17-11-33-37(6)12-17;1-19(2)20(3,4)28-21(27-19)15-7-6-8-16-13(15)9-14(18(22)23)17(25-16)12-10-24-26(5)11-12;1-9-14(22)19(5)8-11-12(17)18-13(21(9)11)10-6-20(7-10)15(23)24-16(2,3)4;2-1-4-3;;;;/h7-12,16,18,26H,13-15H2,1-6H3;6-11,18H,1-5H3;9-10H,6-8H2,1-5H3;1,3H;1H4;;;/q;;;;;2*+1;-1/p-1. The van der Waals surface area contributed by atoms with E-state index in [1.54, 1.807) is 81.7 Å². The third-order valence-corrected chi connectivity index (χ3v) is 18.5. The van der Waals surface area contributed by atoms with Crippen LogP contribution in [0, 0.1) is 0 Å². The summed E-state index contributed by atoms with van der Waals surface area (Å²) in [4.78, 5) is 86.8. The molecule has 13 rings (SSSR count). The van der Waals surface area contributed by atoms with Crippen LogP contribution in [0.3, 0.4) is 0 Å². The van der Waals surface area contributed by atoms with E-state index in [9.17, 15) is 36.7 Å². The van der Waals surface area contributed by atoms with Crippen LogP contribution >= 0.6 is 15.9 Å². The first kappa shape index (κ1) is 82.7. The summed E-state index contributed by atoms with van der Waals surface area (Å²) >= 11 is 3.51. The number of likely N-dealkylation sites (tertiary alicyclic amines) is 2. The Balaban J connectivity index is 0.000000239. The molecule has 0 radical (unpaired) electrons. The smallest absolute Gasteiger partial charge is 1.00 e. The topological polar surface area (TPSA) is 265 Å². The first-order valence-electron chi connectivity index (χ1n) is 31.7. The van der Waals surface area contributed by atoms with Crippen LogP contribution in [0.25, 0.3) is 55.6 Å². The van der Waals surface area contributed by atoms with E-state index in [-0.39, 0.29) is 176 Å². The molecule has 2 unspecified atom stereocenters. The second-order valence-electron chi connectivity index (χ2n) is 27.9. The second kappa shape index (κ2) is 32.5. The number of likely N-dealkylation sites (N-methyl/N-ethyl adjacent to an activating group) is 2. The Bertz CT molecular complexity index is 4370. The Kier molecular flexibility index (Phi) is 26.6. The number of benzene rings is 2. The van der Waals surface area contributed by atoms with Crippen molar-refractivity contribution in [3.05, 3.63) is 112 Å². The predicted octanol–water partition coefficient (Wildman–Crippen LogP) is 4.88. The maximum atomic E-state index is 14.4. The van der Waals surface area contributed by atoms with Gasteiger partial charge >= 0.3 is 122 Å². The number of aryl methyl sites for hydroxylation is 2. The number of pyridine rings is 2. The molecular weight excluding hydrogens is 1430 g/mol. The Morgan fingerprint density at radius 3 is 1.49 bits per heavy atom. The zero-order chi connectivity index (χ0) is 71.6. The van der Waals surface area contributed by atoms with Gasteiger partial charge < -0.3 is 59.1 Å². The van der Waals surface area contributed by atoms with Gasteiger partial charge in [-0.2, -0.15) is 10.2 Å². The Morgan fingerprint density at radius 2 is 1.07 bits per heavy atom. The number of hydrogen-bond acceptors (Lipinski definition) is 17. The second-order valence-corrected chi connectivity index (χ2v) is 28.7. The molecule has 25 nitrogen and oxygen atoms in total. The number of ether oxygens (including phenoxy) is 2. The van der Waals surface area contributed by atoms with Crippen molar-refractivity contribution in [3.63, 3.8) is 0 Å². The van der Waals surface area contributed by atoms with Crippen LogP contribution in [0.1, 0.15) is 163 Å². The molecule has 3 fully saturated rings. The first-order valence-corrected chi connectivity index (χ1v) is 32.5. The Hall–Kier alpha value is -5.53. The van der Waals surface area contributed by atoms with Crippen LogP contribution in [0.5, 0.6) is 0 Å². The van der Waals surface area contributed by atoms with Gasteiger partial charge in [-0.1, -0.05) is 31.7 Å². The normalized spacial score (nSPS) is 17.8. The van der Waals surface area contributed by atoms with E-state index in [0.717, 1.165) is 21.8 Å². The molecule has 532 valence electrons. The molecule has 11 heterocycles. The first-order chi connectivity index (χ1) is 45.9. The molecule has 4 amide bonds. The van der Waals surface area contributed by atoms with Crippen molar-refractivity contribution in [1.29, 1.82) is 0 Å². The Labute approximate surface area is 679 Å². The maximum Gasteiger partial charge on any atom is 1.00 e. The minimum Gasteiger partial charge on any atom is -1.00 e. The van der Waals surface area contributed by atoms with E-state index < -0.39 is 54.5 Å². The third kappa shape index (κ3) is 17.6. The van der Waals surface area contributed by atoms with Gasteiger partial charge in [-0.25, -0.2) is 47.1 Å². The minimum atomic E-state index is -2.76. The zero-order valence-electron chi connectivity index (χ0n) is 60.4. The summed E-state index contributed by atoms with van der Waals surface area (Å²) in [5.74, 6) is 1.62. The van der Waals surface area contributed by atoms with Gasteiger partial charge in [-0.3, -0.25) is 23.7 Å². The molecule has 0 aliphatic carbocycles. The summed E-state index contributed by atoms with van der Waals surface area (Å²) < 4.78 is 87.6. The molecule has 6 aromatic heterocycles. The predicted molar refractivity (Wildman–Crippen MR) is 363 cm³/mol. The van der Waals surface area contributed by atoms with Crippen LogP contribution in [-0.4, -0.2) is 169 Å². The number of halogens is 5. The molecule has 5 aliphatic rings. The van der Waals surface area contributed by atoms with Crippen molar-refractivity contribution in [2.45, 2.75) is 163 Å². The molecule has 5 aliphatic heterocycles. The molecule has 0 spiro atoms. The summed E-state index contributed by atoms with van der Waals surface area (Å²) in [7, 11) is 6.36. The number of fused-ring (bicyclic) bond motifs is 4. The van der Waals surface area contributed by atoms with Crippen molar-refractivity contribution in [2.24, 2.45) is 14.1 Å². The molecule has 0 saturated carbocycles. The van der Waals surface area contributed by atoms with Crippen molar-refractivity contribution in [2.75, 3.05) is 40.3 Å². The fraction of sp³-hybridized carbons (Fsp3) is 0.485. The third-order valence-electron chi connectivity index (χ3n) is 17.9. The number of nitrogens with zero attached hydrogens (tertiary/aromatic N) is 14.